The van der Waals surface area contributed by atoms with Gasteiger partial charge in [-0.2, -0.15) is 0 Å². The SMILES string of the molecule is CCc1ccc(C(=O)N2CCN(CCCCCN)CC2)o1. The molecule has 1 amide bonds. The van der Waals surface area contributed by atoms with Gasteiger partial charge < -0.3 is 15.1 Å². The van der Waals surface area contributed by atoms with Gasteiger partial charge in [0, 0.05) is 32.6 Å². The van der Waals surface area contributed by atoms with Crippen LogP contribution in [0.1, 0.15) is 42.5 Å². The molecule has 0 saturated carbocycles. The summed E-state index contributed by atoms with van der Waals surface area (Å²) in [5.41, 5.74) is 5.50. The Hall–Kier alpha value is -1.33. The molecular formula is C16H27N3O2. The Morgan fingerprint density at radius 3 is 2.57 bits per heavy atom. The highest BCUT2D eigenvalue weighted by Crippen LogP contribution is 2.13. The van der Waals surface area contributed by atoms with Crippen LogP contribution in [0.4, 0.5) is 0 Å². The molecule has 0 spiro atoms. The second-order valence-corrected chi connectivity index (χ2v) is 5.60. The Kier molecular flexibility index (Phi) is 6.26. The fourth-order valence-corrected chi connectivity index (χ4v) is 2.67. The Morgan fingerprint density at radius 2 is 1.95 bits per heavy atom. The first kappa shape index (κ1) is 16.0. The number of hydrogen-bond donors (Lipinski definition) is 1. The minimum Gasteiger partial charge on any atom is -0.456 e. The first-order chi connectivity index (χ1) is 10.2. The van der Waals surface area contributed by atoms with Gasteiger partial charge in [-0.3, -0.25) is 9.69 Å². The van der Waals surface area contributed by atoms with E-state index in [-0.39, 0.29) is 5.91 Å². The molecular weight excluding hydrogens is 266 g/mol. The number of aryl methyl sites for hydroxylation is 1. The number of hydrogen-bond acceptors (Lipinski definition) is 4. The molecule has 2 N–H and O–H groups in total. The lowest BCUT2D eigenvalue weighted by Gasteiger charge is -2.34. The van der Waals surface area contributed by atoms with Gasteiger partial charge >= 0.3 is 0 Å². The third kappa shape index (κ3) is 4.58. The van der Waals surface area contributed by atoms with Crippen LogP contribution in [-0.2, 0) is 6.42 Å². The Morgan fingerprint density at radius 1 is 1.19 bits per heavy atom. The van der Waals surface area contributed by atoms with E-state index in [4.69, 9.17) is 10.2 Å². The van der Waals surface area contributed by atoms with E-state index in [0.717, 1.165) is 57.9 Å². The summed E-state index contributed by atoms with van der Waals surface area (Å²) in [6, 6.07) is 3.68. The number of piperazine rings is 1. The normalized spacial score (nSPS) is 16.4. The van der Waals surface area contributed by atoms with Gasteiger partial charge in [0.1, 0.15) is 5.76 Å². The summed E-state index contributed by atoms with van der Waals surface area (Å²) in [7, 11) is 0. The Balaban J connectivity index is 1.74. The average molecular weight is 293 g/mol. The molecule has 0 unspecified atom stereocenters. The van der Waals surface area contributed by atoms with Crippen molar-refractivity contribution in [2.75, 3.05) is 39.3 Å². The lowest BCUT2D eigenvalue weighted by Crippen LogP contribution is -2.48. The first-order valence-electron chi connectivity index (χ1n) is 8.05. The number of amides is 1. The van der Waals surface area contributed by atoms with E-state index in [1.807, 2.05) is 17.9 Å². The van der Waals surface area contributed by atoms with Crippen LogP contribution in [0.15, 0.2) is 16.5 Å². The first-order valence-corrected chi connectivity index (χ1v) is 8.05. The summed E-state index contributed by atoms with van der Waals surface area (Å²) >= 11 is 0. The number of nitrogens with zero attached hydrogens (tertiary/aromatic N) is 2. The number of carbonyl (C=O) groups excluding carboxylic acids is 1. The molecule has 0 bridgehead atoms. The van der Waals surface area contributed by atoms with Gasteiger partial charge in [0.2, 0.25) is 0 Å². The fraction of sp³-hybridized carbons (Fsp3) is 0.688. The minimum absolute atomic E-state index is 0.0254. The average Bonchev–Trinajstić information content (AvgIpc) is 3.00. The van der Waals surface area contributed by atoms with Crippen molar-refractivity contribution in [1.29, 1.82) is 0 Å². The zero-order chi connectivity index (χ0) is 15.1. The van der Waals surface area contributed by atoms with E-state index < -0.39 is 0 Å². The van der Waals surface area contributed by atoms with Crippen molar-refractivity contribution in [3.8, 4) is 0 Å². The summed E-state index contributed by atoms with van der Waals surface area (Å²) in [4.78, 5) is 16.7. The zero-order valence-electron chi connectivity index (χ0n) is 13.0. The third-order valence-electron chi connectivity index (χ3n) is 4.06. The molecule has 1 aromatic rings. The Labute approximate surface area is 127 Å². The van der Waals surface area contributed by atoms with Crippen LogP contribution in [-0.4, -0.2) is 55.0 Å². The van der Waals surface area contributed by atoms with Gasteiger partial charge in [-0.15, -0.1) is 0 Å². The maximum atomic E-state index is 12.3. The highest BCUT2D eigenvalue weighted by molar-refractivity contribution is 5.91. The second kappa shape index (κ2) is 8.20. The summed E-state index contributed by atoms with van der Waals surface area (Å²) in [6.07, 6.45) is 4.32. The third-order valence-corrected chi connectivity index (χ3v) is 4.06. The topological polar surface area (TPSA) is 62.7 Å². The second-order valence-electron chi connectivity index (χ2n) is 5.60. The molecule has 1 fully saturated rings. The van der Waals surface area contributed by atoms with Gasteiger partial charge in [-0.25, -0.2) is 0 Å². The van der Waals surface area contributed by atoms with Gasteiger partial charge in [0.25, 0.3) is 5.91 Å². The van der Waals surface area contributed by atoms with Crippen molar-refractivity contribution in [3.63, 3.8) is 0 Å². The molecule has 1 saturated heterocycles. The summed E-state index contributed by atoms with van der Waals surface area (Å²) in [6.45, 7) is 7.41. The van der Waals surface area contributed by atoms with Crippen molar-refractivity contribution in [3.05, 3.63) is 23.7 Å². The van der Waals surface area contributed by atoms with Crippen LogP contribution in [0.5, 0.6) is 0 Å². The number of furan rings is 1. The predicted octanol–water partition coefficient (Wildman–Crippen LogP) is 1.73. The molecule has 0 atom stereocenters. The number of carbonyl (C=O) groups is 1. The van der Waals surface area contributed by atoms with Gasteiger partial charge in [0.05, 0.1) is 0 Å². The van der Waals surface area contributed by atoms with E-state index in [1.165, 1.54) is 12.8 Å². The lowest BCUT2D eigenvalue weighted by atomic mass is 10.2. The highest BCUT2D eigenvalue weighted by Gasteiger charge is 2.23. The monoisotopic (exact) mass is 293 g/mol. The van der Waals surface area contributed by atoms with Crippen LogP contribution in [0.25, 0.3) is 0 Å². The van der Waals surface area contributed by atoms with Crippen LogP contribution in [0, 0.1) is 0 Å². The van der Waals surface area contributed by atoms with Crippen LogP contribution < -0.4 is 5.73 Å². The van der Waals surface area contributed by atoms with E-state index in [0.29, 0.717) is 5.76 Å². The zero-order valence-corrected chi connectivity index (χ0v) is 13.0. The van der Waals surface area contributed by atoms with Crippen molar-refractivity contribution in [1.82, 2.24) is 9.80 Å². The largest absolute Gasteiger partial charge is 0.456 e. The number of nitrogens with two attached hydrogens (primary N) is 1. The molecule has 0 aromatic carbocycles. The summed E-state index contributed by atoms with van der Waals surface area (Å²) in [5, 5.41) is 0. The van der Waals surface area contributed by atoms with Crippen LogP contribution in [0.3, 0.4) is 0 Å². The molecule has 1 aromatic heterocycles. The molecule has 1 aliphatic rings. The van der Waals surface area contributed by atoms with Crippen LogP contribution in [0.2, 0.25) is 0 Å². The quantitative estimate of drug-likeness (QED) is 0.778. The molecule has 0 radical (unpaired) electrons. The summed E-state index contributed by atoms with van der Waals surface area (Å²) < 4.78 is 5.55. The maximum absolute atomic E-state index is 12.3. The Bertz CT molecular complexity index is 436. The molecule has 118 valence electrons. The number of rotatable bonds is 7. The van der Waals surface area contributed by atoms with Crippen molar-refractivity contribution in [2.24, 2.45) is 5.73 Å². The van der Waals surface area contributed by atoms with E-state index in [9.17, 15) is 4.79 Å². The van der Waals surface area contributed by atoms with E-state index >= 15 is 0 Å². The smallest absolute Gasteiger partial charge is 0.289 e. The van der Waals surface area contributed by atoms with E-state index in [1.54, 1.807) is 6.07 Å². The van der Waals surface area contributed by atoms with Gasteiger partial charge in [-0.05, 0) is 38.1 Å². The molecule has 2 heterocycles. The molecule has 2 rings (SSSR count). The molecule has 5 nitrogen and oxygen atoms in total. The molecule has 1 aliphatic heterocycles. The number of unbranched alkanes of at least 4 members (excludes halogenated alkanes) is 2. The van der Waals surface area contributed by atoms with Crippen molar-refractivity contribution in [2.45, 2.75) is 32.6 Å². The van der Waals surface area contributed by atoms with Crippen molar-refractivity contribution >= 4 is 5.91 Å². The fourth-order valence-electron chi connectivity index (χ4n) is 2.67. The highest BCUT2D eigenvalue weighted by atomic mass is 16.4. The molecule has 5 heteroatoms. The van der Waals surface area contributed by atoms with Crippen LogP contribution >= 0.6 is 0 Å². The minimum atomic E-state index is 0.0254. The van der Waals surface area contributed by atoms with E-state index in [2.05, 4.69) is 4.90 Å². The van der Waals surface area contributed by atoms with Crippen molar-refractivity contribution < 1.29 is 9.21 Å². The molecule has 0 aliphatic carbocycles. The van der Waals surface area contributed by atoms with Gasteiger partial charge in [0.15, 0.2) is 5.76 Å². The predicted molar refractivity (Wildman–Crippen MR) is 83.3 cm³/mol. The lowest BCUT2D eigenvalue weighted by molar-refractivity contribution is 0.0603. The standard InChI is InChI=1S/C16H27N3O2/c1-2-14-6-7-15(21-14)16(20)19-12-10-18(11-13-19)9-5-3-4-8-17/h6-7H,2-5,8-13,17H2,1H3. The molecule has 21 heavy (non-hydrogen) atoms. The maximum Gasteiger partial charge on any atom is 0.289 e. The summed E-state index contributed by atoms with van der Waals surface area (Å²) in [5.74, 6) is 1.37. The van der Waals surface area contributed by atoms with Gasteiger partial charge in [-0.1, -0.05) is 13.3 Å².